The highest BCUT2D eigenvalue weighted by molar-refractivity contribution is 5.87. The summed E-state index contributed by atoms with van der Waals surface area (Å²) >= 11 is 0. The van der Waals surface area contributed by atoms with E-state index in [2.05, 4.69) is 30.3 Å². The summed E-state index contributed by atoms with van der Waals surface area (Å²) in [5.41, 5.74) is 7.10. The molecule has 90 valence electrons. The molecule has 0 saturated carbocycles. The van der Waals surface area contributed by atoms with Crippen LogP contribution >= 0.6 is 0 Å². The quantitative estimate of drug-likeness (QED) is 0.874. The van der Waals surface area contributed by atoms with Gasteiger partial charge >= 0.3 is 0 Å². The Labute approximate surface area is 102 Å². The molecule has 0 aliphatic rings. The molecular weight excluding hydrogens is 210 g/mol. The Morgan fingerprint density at radius 3 is 2.65 bits per heavy atom. The standard InChI is InChI=1S/C15H19NO/c1-11(16)7-9-14-13-6-4-3-5-12(13)8-10-15(14)17-2/h3-6,8,10-11H,7,9,16H2,1-2H3. The van der Waals surface area contributed by atoms with Crippen molar-refractivity contribution in [3.05, 3.63) is 42.0 Å². The molecule has 0 aromatic heterocycles. The molecule has 1 unspecified atom stereocenters. The molecule has 2 heteroatoms. The van der Waals surface area contributed by atoms with Crippen molar-refractivity contribution < 1.29 is 4.74 Å². The highest BCUT2D eigenvalue weighted by Crippen LogP contribution is 2.29. The van der Waals surface area contributed by atoms with Gasteiger partial charge in [-0.3, -0.25) is 0 Å². The first-order valence-corrected chi connectivity index (χ1v) is 6.02. The summed E-state index contributed by atoms with van der Waals surface area (Å²) < 4.78 is 5.44. The second-order valence-corrected chi connectivity index (χ2v) is 4.48. The van der Waals surface area contributed by atoms with Gasteiger partial charge < -0.3 is 10.5 Å². The molecule has 0 aliphatic carbocycles. The van der Waals surface area contributed by atoms with Crippen molar-refractivity contribution in [1.82, 2.24) is 0 Å². The van der Waals surface area contributed by atoms with Crippen LogP contribution in [0.5, 0.6) is 5.75 Å². The third-order valence-electron chi connectivity index (χ3n) is 3.07. The summed E-state index contributed by atoms with van der Waals surface area (Å²) in [6, 6.07) is 12.8. The number of benzene rings is 2. The maximum atomic E-state index is 5.84. The van der Waals surface area contributed by atoms with E-state index in [4.69, 9.17) is 10.5 Å². The molecule has 0 fully saturated rings. The lowest BCUT2D eigenvalue weighted by Gasteiger charge is -2.13. The number of hydrogen-bond acceptors (Lipinski definition) is 2. The van der Waals surface area contributed by atoms with E-state index in [1.165, 1.54) is 16.3 Å². The Hall–Kier alpha value is -1.54. The van der Waals surface area contributed by atoms with Crippen LogP contribution in [-0.2, 0) is 6.42 Å². The van der Waals surface area contributed by atoms with Crippen LogP contribution in [0.15, 0.2) is 36.4 Å². The summed E-state index contributed by atoms with van der Waals surface area (Å²) in [7, 11) is 1.72. The summed E-state index contributed by atoms with van der Waals surface area (Å²) in [4.78, 5) is 0. The highest BCUT2D eigenvalue weighted by atomic mass is 16.5. The lowest BCUT2D eigenvalue weighted by Crippen LogP contribution is -2.15. The minimum Gasteiger partial charge on any atom is -0.496 e. The fraction of sp³-hybridized carbons (Fsp3) is 0.333. The molecular formula is C15H19NO. The lowest BCUT2D eigenvalue weighted by atomic mass is 9.98. The van der Waals surface area contributed by atoms with E-state index < -0.39 is 0 Å². The molecule has 2 nitrogen and oxygen atoms in total. The molecule has 1 atom stereocenters. The van der Waals surface area contributed by atoms with E-state index in [1.807, 2.05) is 13.0 Å². The van der Waals surface area contributed by atoms with Gasteiger partial charge in [0.05, 0.1) is 7.11 Å². The van der Waals surface area contributed by atoms with Gasteiger partial charge in [0.15, 0.2) is 0 Å². The van der Waals surface area contributed by atoms with Crippen molar-refractivity contribution in [3.63, 3.8) is 0 Å². The van der Waals surface area contributed by atoms with Crippen molar-refractivity contribution in [2.45, 2.75) is 25.8 Å². The van der Waals surface area contributed by atoms with Crippen molar-refractivity contribution >= 4 is 10.8 Å². The van der Waals surface area contributed by atoms with Crippen LogP contribution in [0.2, 0.25) is 0 Å². The monoisotopic (exact) mass is 229 g/mol. The Kier molecular flexibility index (Phi) is 3.64. The van der Waals surface area contributed by atoms with E-state index in [0.717, 1.165) is 18.6 Å². The average Bonchev–Trinajstić information content (AvgIpc) is 2.35. The molecule has 2 rings (SSSR count). The first-order valence-electron chi connectivity index (χ1n) is 6.02. The first-order chi connectivity index (χ1) is 8.22. The van der Waals surface area contributed by atoms with Crippen LogP contribution in [0.3, 0.4) is 0 Å². The van der Waals surface area contributed by atoms with E-state index >= 15 is 0 Å². The van der Waals surface area contributed by atoms with Gasteiger partial charge in [0, 0.05) is 11.6 Å². The van der Waals surface area contributed by atoms with Gasteiger partial charge in [0.1, 0.15) is 5.75 Å². The molecule has 17 heavy (non-hydrogen) atoms. The molecule has 0 radical (unpaired) electrons. The maximum Gasteiger partial charge on any atom is 0.122 e. The fourth-order valence-corrected chi connectivity index (χ4v) is 2.14. The molecule has 2 aromatic carbocycles. The number of rotatable bonds is 4. The molecule has 0 aliphatic heterocycles. The molecule has 0 saturated heterocycles. The molecule has 2 aromatic rings. The van der Waals surface area contributed by atoms with Crippen LogP contribution in [-0.4, -0.2) is 13.2 Å². The third kappa shape index (κ3) is 2.59. The normalized spacial score (nSPS) is 12.6. The van der Waals surface area contributed by atoms with Gasteiger partial charge in [-0.25, -0.2) is 0 Å². The number of aryl methyl sites for hydroxylation is 1. The second-order valence-electron chi connectivity index (χ2n) is 4.48. The van der Waals surface area contributed by atoms with E-state index in [9.17, 15) is 0 Å². The largest absolute Gasteiger partial charge is 0.496 e. The molecule has 2 N–H and O–H groups in total. The van der Waals surface area contributed by atoms with Crippen LogP contribution in [0, 0.1) is 0 Å². The fourth-order valence-electron chi connectivity index (χ4n) is 2.14. The van der Waals surface area contributed by atoms with Crippen molar-refractivity contribution in [2.24, 2.45) is 5.73 Å². The number of hydrogen-bond donors (Lipinski definition) is 1. The Balaban J connectivity index is 2.47. The predicted molar refractivity (Wildman–Crippen MR) is 72.5 cm³/mol. The SMILES string of the molecule is COc1ccc2ccccc2c1CCC(C)N. The molecule has 0 bridgehead atoms. The number of nitrogens with two attached hydrogens (primary N) is 1. The zero-order valence-corrected chi connectivity index (χ0v) is 10.4. The van der Waals surface area contributed by atoms with Gasteiger partial charge in [0.2, 0.25) is 0 Å². The highest BCUT2D eigenvalue weighted by Gasteiger charge is 2.08. The van der Waals surface area contributed by atoms with Crippen LogP contribution in [0.1, 0.15) is 18.9 Å². The Morgan fingerprint density at radius 1 is 1.18 bits per heavy atom. The van der Waals surface area contributed by atoms with Gasteiger partial charge in [0.25, 0.3) is 0 Å². The Bertz CT molecular complexity index is 505. The summed E-state index contributed by atoms with van der Waals surface area (Å²) in [5.74, 6) is 0.962. The molecule has 0 spiro atoms. The van der Waals surface area contributed by atoms with E-state index in [1.54, 1.807) is 7.11 Å². The molecule has 0 amide bonds. The number of fused-ring (bicyclic) bond motifs is 1. The smallest absolute Gasteiger partial charge is 0.122 e. The molecule has 0 heterocycles. The van der Waals surface area contributed by atoms with Crippen molar-refractivity contribution in [1.29, 1.82) is 0 Å². The predicted octanol–water partition coefficient (Wildman–Crippen LogP) is 3.13. The summed E-state index contributed by atoms with van der Waals surface area (Å²) in [6.07, 6.45) is 1.94. The summed E-state index contributed by atoms with van der Waals surface area (Å²) in [6.45, 7) is 2.04. The van der Waals surface area contributed by atoms with Gasteiger partial charge in [-0.2, -0.15) is 0 Å². The Morgan fingerprint density at radius 2 is 1.94 bits per heavy atom. The third-order valence-corrected chi connectivity index (χ3v) is 3.07. The van der Waals surface area contributed by atoms with Crippen molar-refractivity contribution in [3.8, 4) is 5.75 Å². The van der Waals surface area contributed by atoms with Gasteiger partial charge in [-0.1, -0.05) is 30.3 Å². The second kappa shape index (κ2) is 5.19. The first kappa shape index (κ1) is 11.9. The van der Waals surface area contributed by atoms with Crippen LogP contribution in [0.4, 0.5) is 0 Å². The zero-order valence-electron chi connectivity index (χ0n) is 10.4. The van der Waals surface area contributed by atoms with Gasteiger partial charge in [-0.15, -0.1) is 0 Å². The minimum absolute atomic E-state index is 0.221. The van der Waals surface area contributed by atoms with Crippen molar-refractivity contribution in [2.75, 3.05) is 7.11 Å². The topological polar surface area (TPSA) is 35.2 Å². The van der Waals surface area contributed by atoms with Gasteiger partial charge in [-0.05, 0) is 36.6 Å². The maximum absolute atomic E-state index is 5.84. The van der Waals surface area contributed by atoms with Crippen LogP contribution < -0.4 is 10.5 Å². The minimum atomic E-state index is 0.221. The van der Waals surface area contributed by atoms with Crippen LogP contribution in [0.25, 0.3) is 10.8 Å². The van der Waals surface area contributed by atoms with E-state index in [-0.39, 0.29) is 6.04 Å². The average molecular weight is 229 g/mol. The lowest BCUT2D eigenvalue weighted by molar-refractivity contribution is 0.409. The number of ether oxygens (including phenoxy) is 1. The van der Waals surface area contributed by atoms with E-state index in [0.29, 0.717) is 0 Å². The number of methoxy groups -OCH3 is 1. The zero-order chi connectivity index (χ0) is 12.3. The summed E-state index contributed by atoms with van der Waals surface area (Å²) in [5, 5.41) is 2.53.